The summed E-state index contributed by atoms with van der Waals surface area (Å²) in [6.45, 7) is 34.9. The molecular weight excluding hydrogens is 848 g/mol. The van der Waals surface area contributed by atoms with Gasteiger partial charge in [-0.3, -0.25) is 0 Å². The standard InChI is InChI=1S/2C22H47O2PS2.Zn/c2*1-9-13-15-19(11-3)17-21(5,6)24-25(23,26)27-22(7,8)18-20(12-4)16-14-10-2;/h2*19-20H,9-18H2,1-8H3,(H,23,26);/q;;+2/p-2. The van der Waals surface area contributed by atoms with E-state index >= 15 is 0 Å². The van der Waals surface area contributed by atoms with Crippen molar-refractivity contribution in [3.63, 3.8) is 0 Å². The van der Waals surface area contributed by atoms with Crippen LogP contribution in [-0.4, -0.2) is 20.7 Å². The summed E-state index contributed by atoms with van der Waals surface area (Å²) in [4.78, 5) is 26.3. The van der Waals surface area contributed by atoms with Crippen molar-refractivity contribution < 1.29 is 38.3 Å². The Kier molecular flexibility index (Phi) is 35.2. The van der Waals surface area contributed by atoms with E-state index in [1.165, 1.54) is 113 Å². The van der Waals surface area contributed by atoms with E-state index in [1.807, 2.05) is 0 Å². The third kappa shape index (κ3) is 33.7. The molecular formula is C44H92O4P2S4Zn. The Labute approximate surface area is 376 Å². The maximum atomic E-state index is 13.2. The fraction of sp³-hybridized carbons (Fsp3) is 1.00. The number of unbranched alkanes of at least 4 members (excludes halogenated alkanes) is 4. The molecule has 0 aromatic rings. The normalized spacial score (nSPS) is 17.2. The summed E-state index contributed by atoms with van der Waals surface area (Å²) < 4.78 is 12.0. The summed E-state index contributed by atoms with van der Waals surface area (Å²) in [6, 6.07) is 0. The predicted molar refractivity (Wildman–Crippen MR) is 254 cm³/mol. The Morgan fingerprint density at radius 1 is 0.455 bits per heavy atom. The Morgan fingerprint density at radius 2 is 0.673 bits per heavy atom. The summed E-state index contributed by atoms with van der Waals surface area (Å²) in [5.41, 5.74) is -7.10. The molecule has 0 saturated carbocycles. The first kappa shape index (κ1) is 61.8. The largest absolute Gasteiger partial charge is 2.00 e. The number of rotatable bonds is 32. The zero-order valence-corrected chi connectivity index (χ0v) is 47.3. The third-order valence-electron chi connectivity index (χ3n) is 10.7. The molecule has 0 bridgehead atoms. The molecule has 0 aliphatic carbocycles. The Balaban J connectivity index is -0.000000966. The molecule has 0 saturated heterocycles. The average molecular weight is 941 g/mol. The first-order valence-corrected chi connectivity index (χ1v) is 30.4. The molecule has 0 rings (SSSR count). The number of hydrogen-bond acceptors (Lipinski definition) is 8. The Hall–Kier alpha value is 2.46. The van der Waals surface area contributed by atoms with Gasteiger partial charge in [-0.15, -0.1) is 22.8 Å². The molecule has 0 aliphatic heterocycles. The minimum Gasteiger partial charge on any atom is -0.793 e. The minimum atomic E-state index is -3.12. The fourth-order valence-electron chi connectivity index (χ4n) is 7.95. The molecule has 328 valence electrons. The van der Waals surface area contributed by atoms with Gasteiger partial charge in [0.05, 0.1) is 11.2 Å². The van der Waals surface area contributed by atoms with Gasteiger partial charge in [0.25, 0.3) is 0 Å². The quantitative estimate of drug-likeness (QED) is 0.0488. The Bertz CT molecular complexity index is 891. The van der Waals surface area contributed by atoms with Crippen LogP contribution in [-0.2, 0) is 52.1 Å². The monoisotopic (exact) mass is 938 g/mol. The maximum Gasteiger partial charge on any atom is 2.00 e. The van der Waals surface area contributed by atoms with Crippen LogP contribution in [0.4, 0.5) is 0 Å². The molecule has 0 heterocycles. The van der Waals surface area contributed by atoms with Gasteiger partial charge in [-0.1, -0.05) is 209 Å². The van der Waals surface area contributed by atoms with Crippen LogP contribution in [0.2, 0.25) is 0 Å². The van der Waals surface area contributed by atoms with Crippen molar-refractivity contribution in [3.8, 4) is 0 Å². The van der Waals surface area contributed by atoms with Gasteiger partial charge in [-0.05, 0) is 77.0 Å². The molecule has 0 amide bonds. The van der Waals surface area contributed by atoms with Crippen molar-refractivity contribution in [1.29, 1.82) is 0 Å². The molecule has 4 nitrogen and oxygen atoms in total. The van der Waals surface area contributed by atoms with E-state index in [-0.39, 0.29) is 29.0 Å². The fourth-order valence-corrected chi connectivity index (χ4v) is 21.6. The van der Waals surface area contributed by atoms with Crippen molar-refractivity contribution in [1.82, 2.24) is 0 Å². The van der Waals surface area contributed by atoms with Gasteiger partial charge in [0.1, 0.15) is 0 Å². The van der Waals surface area contributed by atoms with Crippen molar-refractivity contribution in [2.75, 3.05) is 0 Å². The van der Waals surface area contributed by atoms with E-state index in [0.717, 1.165) is 38.5 Å². The molecule has 55 heavy (non-hydrogen) atoms. The van der Waals surface area contributed by atoms with Crippen LogP contribution in [0.25, 0.3) is 0 Å². The van der Waals surface area contributed by atoms with Crippen LogP contribution >= 0.6 is 34.2 Å². The smallest absolute Gasteiger partial charge is 0.793 e. The molecule has 0 aliphatic rings. The van der Waals surface area contributed by atoms with Crippen molar-refractivity contribution in [2.24, 2.45) is 23.7 Å². The summed E-state index contributed by atoms with van der Waals surface area (Å²) in [5.74, 6) is 2.58. The van der Waals surface area contributed by atoms with E-state index < -0.39 is 22.6 Å². The van der Waals surface area contributed by atoms with Crippen LogP contribution in [0.1, 0.15) is 239 Å². The van der Waals surface area contributed by atoms with Crippen LogP contribution in [0.15, 0.2) is 0 Å². The summed E-state index contributed by atoms with van der Waals surface area (Å²) in [6.07, 6.45) is 23.5. The van der Waals surface area contributed by atoms with Gasteiger partial charge in [0.15, 0.2) is 0 Å². The molecule has 0 aromatic heterocycles. The second kappa shape index (κ2) is 31.3. The van der Waals surface area contributed by atoms with E-state index in [9.17, 15) is 9.79 Å². The molecule has 0 aromatic carbocycles. The molecule has 0 N–H and O–H groups in total. The first-order chi connectivity index (χ1) is 24.8. The molecule has 0 fully saturated rings. The molecule has 0 radical (unpaired) electrons. The second-order valence-corrected chi connectivity index (χ2v) is 31.8. The van der Waals surface area contributed by atoms with Crippen LogP contribution in [0, 0.1) is 23.7 Å². The van der Waals surface area contributed by atoms with E-state index in [4.69, 9.17) is 32.7 Å². The van der Waals surface area contributed by atoms with E-state index in [0.29, 0.717) is 23.7 Å². The van der Waals surface area contributed by atoms with Crippen LogP contribution in [0.3, 0.4) is 0 Å². The predicted octanol–water partition coefficient (Wildman–Crippen LogP) is 16.2. The second-order valence-electron chi connectivity index (χ2n) is 18.8. The summed E-state index contributed by atoms with van der Waals surface area (Å²) in [7, 11) is 0. The van der Waals surface area contributed by atoms with Gasteiger partial charge in [0.2, 0.25) is 0 Å². The van der Waals surface area contributed by atoms with Crippen molar-refractivity contribution in [3.05, 3.63) is 0 Å². The Morgan fingerprint density at radius 3 is 0.873 bits per heavy atom. The maximum absolute atomic E-state index is 13.2. The molecule has 11 heteroatoms. The van der Waals surface area contributed by atoms with Gasteiger partial charge < -0.3 is 18.8 Å². The van der Waals surface area contributed by atoms with Crippen LogP contribution in [0.5, 0.6) is 0 Å². The summed E-state index contributed by atoms with van der Waals surface area (Å²) >= 11 is 13.8. The zero-order chi connectivity index (χ0) is 42.3. The van der Waals surface area contributed by atoms with Gasteiger partial charge >= 0.3 is 19.5 Å². The van der Waals surface area contributed by atoms with Crippen molar-refractivity contribution in [2.45, 2.75) is 260 Å². The SMILES string of the molecule is CCCCC(CC)CC(C)(C)OP([O-])(=S)SC(C)(C)CC(CC)CCCC.CCCCC(CC)CC(C)(C)OP([O-])(=S)SC(C)(C)CC(CC)CCCC.[Zn+2]. The van der Waals surface area contributed by atoms with E-state index in [1.54, 1.807) is 0 Å². The van der Waals surface area contributed by atoms with Crippen molar-refractivity contribution >= 4 is 57.8 Å². The van der Waals surface area contributed by atoms with Gasteiger partial charge in [0, 0.05) is 20.9 Å². The summed E-state index contributed by atoms with van der Waals surface area (Å²) in [5, 5.41) is 0. The van der Waals surface area contributed by atoms with Crippen LogP contribution < -0.4 is 9.79 Å². The van der Waals surface area contributed by atoms with Gasteiger partial charge in [-0.25, -0.2) is 0 Å². The molecule has 6 unspecified atom stereocenters. The van der Waals surface area contributed by atoms with Gasteiger partial charge in [-0.2, -0.15) is 0 Å². The number of hydrogen-bond donors (Lipinski definition) is 0. The third-order valence-corrected chi connectivity index (χ3v) is 20.5. The van der Waals surface area contributed by atoms with E-state index in [2.05, 4.69) is 111 Å². The molecule has 6 atom stereocenters. The average Bonchev–Trinajstić information content (AvgIpc) is 3.02. The topological polar surface area (TPSA) is 64.6 Å². The zero-order valence-electron chi connectivity index (χ0n) is 39.3. The molecule has 0 spiro atoms. The first-order valence-electron chi connectivity index (χ1n) is 22.2. The minimum absolute atomic E-state index is 0.